The topological polar surface area (TPSA) is 63.1 Å². The maximum Gasteiger partial charge on any atom is 0.224 e. The summed E-state index contributed by atoms with van der Waals surface area (Å²) in [4.78, 5) is 15.4. The van der Waals surface area contributed by atoms with Gasteiger partial charge in [-0.2, -0.15) is 0 Å². The molecule has 1 N–H and O–H groups in total. The van der Waals surface area contributed by atoms with Crippen molar-refractivity contribution in [1.82, 2.24) is 25.2 Å². The lowest BCUT2D eigenvalue weighted by molar-refractivity contribution is -0.133. The van der Waals surface area contributed by atoms with Crippen LogP contribution in [-0.4, -0.2) is 44.9 Å². The van der Waals surface area contributed by atoms with Gasteiger partial charge in [0.15, 0.2) is 0 Å². The third-order valence-electron chi connectivity index (χ3n) is 7.82. The number of benzene rings is 3. The Morgan fingerprint density at radius 3 is 2.41 bits per heavy atom. The molecule has 3 aromatic carbocycles. The predicted octanol–water partition coefficient (Wildman–Crippen LogP) is 4.78. The van der Waals surface area contributed by atoms with E-state index in [2.05, 4.69) is 56.9 Å². The fourth-order valence-electron chi connectivity index (χ4n) is 5.75. The van der Waals surface area contributed by atoms with Gasteiger partial charge in [0.2, 0.25) is 5.91 Å². The number of aromatic nitrogens is 3. The highest BCUT2D eigenvalue weighted by molar-refractivity contribution is 5.79. The molecule has 1 aromatic heterocycles. The van der Waals surface area contributed by atoms with Gasteiger partial charge in [0.1, 0.15) is 11.5 Å². The summed E-state index contributed by atoms with van der Waals surface area (Å²) in [6.45, 7) is 2.99. The molecular formula is C30H30FN5O. The lowest BCUT2D eigenvalue weighted by Crippen LogP contribution is -2.57. The van der Waals surface area contributed by atoms with Crippen molar-refractivity contribution < 1.29 is 9.18 Å². The van der Waals surface area contributed by atoms with Crippen LogP contribution in [0, 0.1) is 17.7 Å². The summed E-state index contributed by atoms with van der Waals surface area (Å²) in [5, 5.41) is 11.9. The minimum Gasteiger partial charge on any atom is -0.352 e. The molecule has 0 aliphatic carbocycles. The number of nitrogens with zero attached hydrogens (tertiary/aromatic N) is 4. The maximum absolute atomic E-state index is 13.1. The van der Waals surface area contributed by atoms with Gasteiger partial charge in [-0.25, -0.2) is 4.39 Å². The van der Waals surface area contributed by atoms with Gasteiger partial charge in [0, 0.05) is 24.7 Å². The van der Waals surface area contributed by atoms with Crippen molar-refractivity contribution in [3.8, 4) is 22.4 Å². The summed E-state index contributed by atoms with van der Waals surface area (Å²) in [6.07, 6.45) is 4.05. The van der Waals surface area contributed by atoms with Gasteiger partial charge < -0.3 is 5.32 Å². The molecule has 1 amide bonds. The normalized spacial score (nSPS) is 22.6. The van der Waals surface area contributed by atoms with Crippen molar-refractivity contribution in [1.29, 1.82) is 0 Å². The first-order chi connectivity index (χ1) is 18.1. The number of hydrogen-bond acceptors (Lipinski definition) is 4. The molecule has 37 heavy (non-hydrogen) atoms. The lowest BCUT2D eigenvalue weighted by Gasteiger charge is -2.49. The average molecular weight is 496 g/mol. The number of carbonyl (C=O) groups excluding carboxylic acids is 1. The van der Waals surface area contributed by atoms with Crippen LogP contribution < -0.4 is 5.32 Å². The van der Waals surface area contributed by atoms with Gasteiger partial charge in [-0.3, -0.25) is 14.4 Å². The number of rotatable bonds is 7. The largest absolute Gasteiger partial charge is 0.352 e. The number of fused-ring (bicyclic) bond motifs is 3. The Hall–Kier alpha value is -3.84. The second-order valence-corrected chi connectivity index (χ2v) is 10.2. The molecule has 3 saturated heterocycles. The molecule has 188 valence electrons. The number of halogens is 1. The zero-order valence-electron chi connectivity index (χ0n) is 20.6. The van der Waals surface area contributed by atoms with Crippen molar-refractivity contribution in [2.75, 3.05) is 13.1 Å². The maximum atomic E-state index is 13.1. The van der Waals surface area contributed by atoms with Gasteiger partial charge in [-0.05, 0) is 54.1 Å². The monoisotopic (exact) mass is 495 g/mol. The second-order valence-electron chi connectivity index (χ2n) is 10.2. The molecular weight excluding hydrogens is 465 g/mol. The molecule has 3 fully saturated rings. The quantitative estimate of drug-likeness (QED) is 0.401. The van der Waals surface area contributed by atoms with Crippen LogP contribution in [0.3, 0.4) is 0 Å². The molecule has 1 unspecified atom stereocenters. The molecule has 2 bridgehead atoms. The van der Waals surface area contributed by atoms with Crippen LogP contribution >= 0.6 is 0 Å². The molecule has 3 aliphatic rings. The fraction of sp³-hybridized carbons (Fsp3) is 0.300. The Kier molecular flexibility index (Phi) is 6.53. The average Bonchev–Trinajstić information content (AvgIpc) is 3.42. The smallest absolute Gasteiger partial charge is 0.224 e. The van der Waals surface area contributed by atoms with E-state index in [-0.39, 0.29) is 17.6 Å². The summed E-state index contributed by atoms with van der Waals surface area (Å²) in [7, 11) is 0. The standard InChI is InChI=1S/C30H30FN5O/c31-26-12-6-21(7-13-26)17-32-30(37)28-19-35-15-14-25(28)16-27(35)18-36-20-29(33-34-36)24-10-8-23(9-11-24)22-4-2-1-3-5-22/h1-13,20,25,27-28H,14-19H2,(H,32,37)/t25-,27-,28+/m1/s1. The fourth-order valence-corrected chi connectivity index (χ4v) is 5.75. The summed E-state index contributed by atoms with van der Waals surface area (Å²) < 4.78 is 15.1. The van der Waals surface area contributed by atoms with Crippen LogP contribution in [0.2, 0.25) is 0 Å². The number of amides is 1. The van der Waals surface area contributed by atoms with Crippen molar-refractivity contribution >= 4 is 5.91 Å². The van der Waals surface area contributed by atoms with E-state index in [9.17, 15) is 9.18 Å². The molecule has 3 aliphatic heterocycles. The Labute approximate surface area is 216 Å². The van der Waals surface area contributed by atoms with Crippen LogP contribution in [-0.2, 0) is 17.9 Å². The first-order valence-electron chi connectivity index (χ1n) is 12.9. The van der Waals surface area contributed by atoms with E-state index in [1.165, 1.54) is 23.3 Å². The van der Waals surface area contributed by atoms with Crippen molar-refractivity contribution in [2.45, 2.75) is 32.0 Å². The highest BCUT2D eigenvalue weighted by Crippen LogP contribution is 2.37. The zero-order valence-corrected chi connectivity index (χ0v) is 20.6. The lowest BCUT2D eigenvalue weighted by atomic mass is 9.75. The minimum absolute atomic E-state index is 0.000107. The van der Waals surface area contributed by atoms with Gasteiger partial charge in [-0.1, -0.05) is 71.9 Å². The molecule has 6 nitrogen and oxygen atoms in total. The van der Waals surface area contributed by atoms with Crippen LogP contribution in [0.1, 0.15) is 18.4 Å². The van der Waals surface area contributed by atoms with E-state index in [1.807, 2.05) is 29.1 Å². The highest BCUT2D eigenvalue weighted by atomic mass is 19.1. The van der Waals surface area contributed by atoms with Gasteiger partial charge in [-0.15, -0.1) is 5.10 Å². The highest BCUT2D eigenvalue weighted by Gasteiger charge is 2.43. The molecule has 7 heteroatoms. The summed E-state index contributed by atoms with van der Waals surface area (Å²) in [5.74, 6) is 0.204. The van der Waals surface area contributed by atoms with Crippen LogP contribution in [0.5, 0.6) is 0 Å². The van der Waals surface area contributed by atoms with E-state index in [0.717, 1.165) is 49.3 Å². The van der Waals surface area contributed by atoms with Crippen molar-refractivity contribution in [2.24, 2.45) is 11.8 Å². The van der Waals surface area contributed by atoms with E-state index >= 15 is 0 Å². The zero-order chi connectivity index (χ0) is 25.2. The molecule has 4 aromatic rings. The Morgan fingerprint density at radius 1 is 0.946 bits per heavy atom. The first-order valence-corrected chi connectivity index (χ1v) is 12.9. The van der Waals surface area contributed by atoms with Crippen LogP contribution in [0.4, 0.5) is 4.39 Å². The molecule has 4 heterocycles. The van der Waals surface area contributed by atoms with Crippen LogP contribution in [0.25, 0.3) is 22.4 Å². The van der Waals surface area contributed by atoms with Gasteiger partial charge in [0.05, 0.1) is 18.7 Å². The predicted molar refractivity (Wildman–Crippen MR) is 141 cm³/mol. The van der Waals surface area contributed by atoms with Gasteiger partial charge in [0.25, 0.3) is 0 Å². The molecule has 7 rings (SSSR count). The third-order valence-corrected chi connectivity index (χ3v) is 7.82. The number of piperidine rings is 3. The Balaban J connectivity index is 1.05. The van der Waals surface area contributed by atoms with E-state index in [1.54, 1.807) is 12.1 Å². The van der Waals surface area contributed by atoms with Gasteiger partial charge >= 0.3 is 0 Å². The third kappa shape index (κ3) is 5.18. The number of hydrogen-bond donors (Lipinski definition) is 1. The Bertz CT molecular complexity index is 1350. The van der Waals surface area contributed by atoms with E-state index < -0.39 is 0 Å². The molecule has 0 spiro atoms. The minimum atomic E-state index is -0.265. The summed E-state index contributed by atoms with van der Waals surface area (Å²) in [5.41, 5.74) is 5.20. The van der Waals surface area contributed by atoms with E-state index in [0.29, 0.717) is 18.5 Å². The number of carbonyl (C=O) groups is 1. The summed E-state index contributed by atoms with van der Waals surface area (Å²) >= 11 is 0. The van der Waals surface area contributed by atoms with E-state index in [4.69, 9.17) is 0 Å². The molecule has 0 radical (unpaired) electrons. The molecule has 4 atom stereocenters. The Morgan fingerprint density at radius 2 is 1.68 bits per heavy atom. The first kappa shape index (κ1) is 23.6. The summed E-state index contributed by atoms with van der Waals surface area (Å²) in [6, 6.07) is 25.4. The second kappa shape index (κ2) is 10.3. The molecule has 0 saturated carbocycles. The van der Waals surface area contributed by atoms with Crippen LogP contribution in [0.15, 0.2) is 85.1 Å². The SMILES string of the molecule is O=C(NCc1ccc(F)cc1)[C@H]1CN2CC[C@@H]1C[C@@H]2Cn1cc(-c2ccc(-c3ccccc3)cc2)nn1. The van der Waals surface area contributed by atoms with Crippen molar-refractivity contribution in [3.05, 3.63) is 96.4 Å². The van der Waals surface area contributed by atoms with Crippen molar-refractivity contribution in [3.63, 3.8) is 0 Å². The number of nitrogens with one attached hydrogen (secondary N) is 1.